The second-order valence-corrected chi connectivity index (χ2v) is 9.79. The summed E-state index contributed by atoms with van der Waals surface area (Å²) in [7, 11) is -3.57. The molecule has 156 valence electrons. The number of sulfonamides is 1. The fourth-order valence-corrected chi connectivity index (χ4v) is 5.49. The second-order valence-electron chi connectivity index (χ2n) is 6.59. The number of ether oxygens (including phenoxy) is 1. The lowest BCUT2D eigenvalue weighted by atomic mass is 10.2. The first-order valence-corrected chi connectivity index (χ1v) is 12.3. The average Bonchev–Trinajstić information content (AvgIpc) is 2.73. The largest absolute Gasteiger partial charge is 0.482 e. The Hall–Kier alpha value is -1.74. The summed E-state index contributed by atoms with van der Waals surface area (Å²) in [5, 5.41) is 2.95. The Balaban J connectivity index is 1.64. The molecule has 1 aliphatic rings. The average molecular weight is 455 g/mol. The number of rotatable bonds is 7. The maximum Gasteiger partial charge on any atom is 0.262 e. The molecule has 0 unspecified atom stereocenters. The molecule has 3 rings (SSSR count). The van der Waals surface area contributed by atoms with E-state index in [2.05, 4.69) is 5.32 Å². The van der Waals surface area contributed by atoms with Crippen LogP contribution in [0.15, 0.2) is 52.3 Å². The molecule has 1 amide bonds. The molecule has 0 spiro atoms. The van der Waals surface area contributed by atoms with E-state index in [4.69, 9.17) is 16.3 Å². The number of anilines is 1. The highest BCUT2D eigenvalue weighted by molar-refractivity contribution is 7.98. The summed E-state index contributed by atoms with van der Waals surface area (Å²) in [5.74, 6) is -0.0647. The normalized spacial score (nSPS) is 15.1. The first kappa shape index (κ1) is 22.0. The molecule has 29 heavy (non-hydrogen) atoms. The first-order chi connectivity index (χ1) is 13.9. The van der Waals surface area contributed by atoms with E-state index in [1.165, 1.54) is 34.3 Å². The molecule has 1 N–H and O–H groups in total. The molecule has 1 fully saturated rings. The summed E-state index contributed by atoms with van der Waals surface area (Å²) < 4.78 is 32.5. The molecular formula is C20H23ClN2O4S2. The molecule has 2 aromatic carbocycles. The fourth-order valence-electron chi connectivity index (χ4n) is 3.09. The maximum absolute atomic E-state index is 12.7. The number of carbonyl (C=O) groups excluding carboxylic acids is 1. The molecule has 6 nitrogen and oxygen atoms in total. The van der Waals surface area contributed by atoms with Gasteiger partial charge < -0.3 is 10.1 Å². The van der Waals surface area contributed by atoms with Crippen LogP contribution < -0.4 is 10.1 Å². The highest BCUT2D eigenvalue weighted by Gasteiger charge is 2.26. The zero-order chi connectivity index (χ0) is 20.9. The Labute approximate surface area is 180 Å². The Morgan fingerprint density at radius 2 is 1.90 bits per heavy atom. The Kier molecular flexibility index (Phi) is 7.45. The zero-order valence-corrected chi connectivity index (χ0v) is 18.4. The van der Waals surface area contributed by atoms with Gasteiger partial charge in [0.25, 0.3) is 5.91 Å². The zero-order valence-electron chi connectivity index (χ0n) is 16.1. The Morgan fingerprint density at radius 1 is 1.17 bits per heavy atom. The number of carbonyl (C=O) groups is 1. The molecule has 0 radical (unpaired) electrons. The highest BCUT2D eigenvalue weighted by Crippen LogP contribution is 2.30. The van der Waals surface area contributed by atoms with Crippen molar-refractivity contribution in [1.29, 1.82) is 0 Å². The van der Waals surface area contributed by atoms with Gasteiger partial charge in [0.05, 0.1) is 15.6 Å². The van der Waals surface area contributed by atoms with Crippen molar-refractivity contribution in [1.82, 2.24) is 4.31 Å². The van der Waals surface area contributed by atoms with Gasteiger partial charge >= 0.3 is 0 Å². The van der Waals surface area contributed by atoms with E-state index in [0.29, 0.717) is 18.8 Å². The highest BCUT2D eigenvalue weighted by atomic mass is 35.5. The predicted octanol–water partition coefficient (Wildman–Crippen LogP) is 4.25. The van der Waals surface area contributed by atoms with Gasteiger partial charge in [0, 0.05) is 18.0 Å². The van der Waals surface area contributed by atoms with Crippen LogP contribution >= 0.6 is 23.4 Å². The van der Waals surface area contributed by atoms with Gasteiger partial charge in [-0.3, -0.25) is 4.79 Å². The van der Waals surface area contributed by atoms with Crippen molar-refractivity contribution in [2.45, 2.75) is 29.1 Å². The molecule has 0 aromatic heterocycles. The number of hydrogen-bond donors (Lipinski definition) is 1. The van der Waals surface area contributed by atoms with E-state index < -0.39 is 10.0 Å². The molecule has 2 aromatic rings. The van der Waals surface area contributed by atoms with Crippen molar-refractivity contribution in [3.05, 3.63) is 47.5 Å². The van der Waals surface area contributed by atoms with Crippen LogP contribution in [0.1, 0.15) is 19.3 Å². The smallest absolute Gasteiger partial charge is 0.262 e. The minimum Gasteiger partial charge on any atom is -0.482 e. The van der Waals surface area contributed by atoms with Gasteiger partial charge in [0.1, 0.15) is 5.75 Å². The minimum atomic E-state index is -3.57. The summed E-state index contributed by atoms with van der Waals surface area (Å²) >= 11 is 7.76. The van der Waals surface area contributed by atoms with E-state index >= 15 is 0 Å². The van der Waals surface area contributed by atoms with E-state index in [0.717, 1.165) is 24.2 Å². The monoisotopic (exact) mass is 454 g/mol. The van der Waals surface area contributed by atoms with Crippen molar-refractivity contribution in [2.75, 3.05) is 31.3 Å². The number of piperidine rings is 1. The number of amides is 1. The van der Waals surface area contributed by atoms with Crippen LogP contribution in [0.3, 0.4) is 0 Å². The molecule has 0 saturated carbocycles. The molecule has 1 aliphatic heterocycles. The number of nitrogens with one attached hydrogen (secondary N) is 1. The number of thioether (sulfide) groups is 1. The second kappa shape index (κ2) is 9.84. The van der Waals surface area contributed by atoms with Gasteiger partial charge in [-0.05, 0) is 49.4 Å². The molecule has 0 bridgehead atoms. The lowest BCUT2D eigenvalue weighted by molar-refractivity contribution is -0.118. The van der Waals surface area contributed by atoms with Crippen LogP contribution in [0, 0.1) is 0 Å². The molecule has 1 saturated heterocycles. The van der Waals surface area contributed by atoms with Crippen LogP contribution in [0.5, 0.6) is 5.75 Å². The predicted molar refractivity (Wildman–Crippen MR) is 116 cm³/mol. The van der Waals surface area contributed by atoms with Crippen molar-refractivity contribution in [2.24, 2.45) is 0 Å². The number of halogens is 1. The number of nitrogens with zero attached hydrogens (tertiary/aromatic N) is 1. The van der Waals surface area contributed by atoms with Crippen molar-refractivity contribution in [3.8, 4) is 5.75 Å². The molecule has 9 heteroatoms. The van der Waals surface area contributed by atoms with Crippen molar-refractivity contribution in [3.63, 3.8) is 0 Å². The van der Waals surface area contributed by atoms with Gasteiger partial charge in [0.15, 0.2) is 6.61 Å². The third-order valence-electron chi connectivity index (χ3n) is 4.60. The van der Waals surface area contributed by atoms with Crippen LogP contribution in [-0.2, 0) is 14.8 Å². The van der Waals surface area contributed by atoms with Crippen LogP contribution in [-0.4, -0.2) is 44.6 Å². The Morgan fingerprint density at radius 3 is 2.59 bits per heavy atom. The quantitative estimate of drug-likeness (QED) is 0.633. The number of hydrogen-bond acceptors (Lipinski definition) is 5. The summed E-state index contributed by atoms with van der Waals surface area (Å²) in [6, 6.07) is 11.8. The van der Waals surface area contributed by atoms with Crippen LogP contribution in [0.25, 0.3) is 0 Å². The topological polar surface area (TPSA) is 75.7 Å². The van der Waals surface area contributed by atoms with Crippen LogP contribution in [0.4, 0.5) is 5.69 Å². The first-order valence-electron chi connectivity index (χ1n) is 9.27. The molecular weight excluding hydrogens is 432 g/mol. The van der Waals surface area contributed by atoms with Gasteiger partial charge in [-0.25, -0.2) is 8.42 Å². The summed E-state index contributed by atoms with van der Waals surface area (Å²) in [6.07, 6.45) is 4.70. The Bertz CT molecular complexity index is 976. The molecule has 0 aliphatic carbocycles. The van der Waals surface area contributed by atoms with E-state index in [-0.39, 0.29) is 28.2 Å². The fraction of sp³-hybridized carbons (Fsp3) is 0.350. The van der Waals surface area contributed by atoms with Gasteiger partial charge in [-0.1, -0.05) is 30.2 Å². The summed E-state index contributed by atoms with van der Waals surface area (Å²) in [4.78, 5) is 13.3. The number of para-hydroxylation sites is 1. The number of benzene rings is 2. The maximum atomic E-state index is 12.7. The van der Waals surface area contributed by atoms with E-state index in [1.807, 2.05) is 30.5 Å². The molecule has 1 heterocycles. The lowest BCUT2D eigenvalue weighted by Crippen LogP contribution is -2.35. The van der Waals surface area contributed by atoms with Gasteiger partial charge in [-0.15, -0.1) is 11.8 Å². The minimum absolute atomic E-state index is 0.134. The van der Waals surface area contributed by atoms with E-state index in [1.54, 1.807) is 0 Å². The van der Waals surface area contributed by atoms with E-state index in [9.17, 15) is 13.2 Å². The van der Waals surface area contributed by atoms with Crippen molar-refractivity contribution >= 4 is 45.0 Å². The van der Waals surface area contributed by atoms with Gasteiger partial charge in [0.2, 0.25) is 10.0 Å². The van der Waals surface area contributed by atoms with Gasteiger partial charge in [-0.2, -0.15) is 4.31 Å². The van der Waals surface area contributed by atoms with Crippen LogP contribution in [0.2, 0.25) is 5.02 Å². The SMILES string of the molecule is CSc1ccccc1NC(=O)COc1ccc(S(=O)(=O)N2CCCCC2)cc1Cl. The third kappa shape index (κ3) is 5.45. The lowest BCUT2D eigenvalue weighted by Gasteiger charge is -2.26. The summed E-state index contributed by atoms with van der Waals surface area (Å²) in [5.41, 5.74) is 0.711. The molecule has 0 atom stereocenters. The summed E-state index contributed by atoms with van der Waals surface area (Å²) in [6.45, 7) is 0.812. The van der Waals surface area contributed by atoms with Crippen molar-refractivity contribution < 1.29 is 17.9 Å². The third-order valence-corrected chi connectivity index (χ3v) is 7.58. The standard InChI is InChI=1S/C20H23ClN2O4S2/c1-28-19-8-4-3-7-17(19)22-20(24)14-27-18-10-9-15(13-16(18)21)29(25,26)23-11-5-2-6-12-23/h3-4,7-10,13H,2,5-6,11-12,14H2,1H3,(H,22,24).